The van der Waals surface area contributed by atoms with Crippen molar-refractivity contribution < 1.29 is 0 Å². The van der Waals surface area contributed by atoms with Crippen LogP contribution in [0, 0.1) is 6.92 Å². The largest absolute Gasteiger partial charge is 0.369 e. The van der Waals surface area contributed by atoms with Gasteiger partial charge in [0.2, 0.25) is 0 Å². The summed E-state index contributed by atoms with van der Waals surface area (Å²) in [6, 6.07) is 9.42. The van der Waals surface area contributed by atoms with Crippen LogP contribution in [-0.2, 0) is 13.6 Å². The summed E-state index contributed by atoms with van der Waals surface area (Å²) in [7, 11) is 1.97. The molecule has 1 unspecified atom stereocenters. The molecule has 1 aromatic carbocycles. The van der Waals surface area contributed by atoms with E-state index in [0.717, 1.165) is 26.2 Å². The van der Waals surface area contributed by atoms with Crippen LogP contribution in [0.3, 0.4) is 0 Å². The molecule has 0 bridgehead atoms. The highest BCUT2D eigenvalue weighted by Gasteiger charge is 2.24. The molecule has 4 heteroatoms. The summed E-state index contributed by atoms with van der Waals surface area (Å²) >= 11 is 0. The maximum absolute atomic E-state index is 4.26. The number of benzene rings is 1. The summed E-state index contributed by atoms with van der Waals surface area (Å²) in [5.41, 5.74) is 3.96. The first-order valence-electron chi connectivity index (χ1n) is 7.65. The second kappa shape index (κ2) is 5.90. The van der Waals surface area contributed by atoms with Crippen LogP contribution < -0.4 is 4.90 Å². The summed E-state index contributed by atoms with van der Waals surface area (Å²) < 4.78 is 1.88. The zero-order valence-electron chi connectivity index (χ0n) is 13.2. The van der Waals surface area contributed by atoms with Crippen molar-refractivity contribution in [3.05, 3.63) is 47.8 Å². The topological polar surface area (TPSA) is 24.3 Å². The van der Waals surface area contributed by atoms with Crippen LogP contribution in [0.2, 0.25) is 0 Å². The van der Waals surface area contributed by atoms with Gasteiger partial charge in [-0.05, 0) is 26.0 Å². The van der Waals surface area contributed by atoms with Gasteiger partial charge in [0.1, 0.15) is 0 Å². The molecule has 4 nitrogen and oxygen atoms in total. The predicted octanol–water partition coefficient (Wildman–Crippen LogP) is 2.44. The molecule has 2 heterocycles. The standard InChI is InChI=1S/C17H24N4/c1-14-4-6-17(7-5-14)21-9-8-20(15(2)11-21)13-16-10-18-19(3)12-16/h4-7,10,12,15H,8-9,11,13H2,1-3H3. The van der Waals surface area contributed by atoms with E-state index in [0.29, 0.717) is 6.04 Å². The summed E-state index contributed by atoms with van der Waals surface area (Å²) in [4.78, 5) is 5.03. The van der Waals surface area contributed by atoms with E-state index >= 15 is 0 Å². The normalized spacial score (nSPS) is 20.0. The van der Waals surface area contributed by atoms with Gasteiger partial charge in [0.15, 0.2) is 0 Å². The summed E-state index contributed by atoms with van der Waals surface area (Å²) in [5, 5.41) is 4.26. The number of aromatic nitrogens is 2. The van der Waals surface area contributed by atoms with Gasteiger partial charge in [0.05, 0.1) is 6.20 Å². The number of rotatable bonds is 3. The lowest BCUT2D eigenvalue weighted by molar-refractivity contribution is 0.181. The lowest BCUT2D eigenvalue weighted by atomic mass is 10.1. The molecular formula is C17H24N4. The quantitative estimate of drug-likeness (QED) is 0.865. The molecule has 3 rings (SSSR count). The number of aryl methyl sites for hydroxylation is 2. The summed E-state index contributed by atoms with van der Waals surface area (Å²) in [6.07, 6.45) is 4.08. The third kappa shape index (κ3) is 3.27. The fourth-order valence-corrected chi connectivity index (χ4v) is 3.01. The zero-order chi connectivity index (χ0) is 14.8. The van der Waals surface area contributed by atoms with Crippen molar-refractivity contribution in [1.29, 1.82) is 0 Å². The predicted molar refractivity (Wildman–Crippen MR) is 86.5 cm³/mol. The smallest absolute Gasteiger partial charge is 0.0534 e. The van der Waals surface area contributed by atoms with E-state index in [4.69, 9.17) is 0 Å². The second-order valence-corrected chi connectivity index (χ2v) is 6.12. The maximum Gasteiger partial charge on any atom is 0.0534 e. The van der Waals surface area contributed by atoms with Gasteiger partial charge in [-0.25, -0.2) is 0 Å². The first-order valence-corrected chi connectivity index (χ1v) is 7.65. The Kier molecular flexibility index (Phi) is 3.97. The Bertz CT molecular complexity index is 587. The Morgan fingerprint density at radius 1 is 1.19 bits per heavy atom. The molecule has 2 aromatic rings. The van der Waals surface area contributed by atoms with Crippen molar-refractivity contribution in [2.75, 3.05) is 24.5 Å². The summed E-state index contributed by atoms with van der Waals surface area (Å²) in [6.45, 7) is 8.73. The minimum absolute atomic E-state index is 0.556. The minimum atomic E-state index is 0.556. The molecule has 1 atom stereocenters. The monoisotopic (exact) mass is 284 g/mol. The molecule has 1 aliphatic rings. The number of hydrogen-bond acceptors (Lipinski definition) is 3. The molecule has 0 saturated carbocycles. The number of nitrogens with zero attached hydrogens (tertiary/aromatic N) is 4. The molecule has 1 aliphatic heterocycles. The Morgan fingerprint density at radius 3 is 2.57 bits per heavy atom. The van der Waals surface area contributed by atoms with E-state index in [1.54, 1.807) is 0 Å². The molecular weight excluding hydrogens is 260 g/mol. The van der Waals surface area contributed by atoms with Gasteiger partial charge in [-0.3, -0.25) is 9.58 Å². The first kappa shape index (κ1) is 14.1. The summed E-state index contributed by atoms with van der Waals surface area (Å²) in [5.74, 6) is 0. The average Bonchev–Trinajstić information content (AvgIpc) is 2.87. The molecule has 0 spiro atoms. The third-order valence-corrected chi connectivity index (χ3v) is 4.31. The minimum Gasteiger partial charge on any atom is -0.369 e. The molecule has 0 aliphatic carbocycles. The first-order chi connectivity index (χ1) is 10.1. The molecule has 0 amide bonds. The number of hydrogen-bond donors (Lipinski definition) is 0. The molecule has 0 radical (unpaired) electrons. The lowest BCUT2D eigenvalue weighted by Crippen LogP contribution is -2.51. The van der Waals surface area contributed by atoms with Crippen LogP contribution in [0.25, 0.3) is 0 Å². The molecule has 112 valence electrons. The highest BCUT2D eigenvalue weighted by molar-refractivity contribution is 5.48. The van der Waals surface area contributed by atoms with Crippen LogP contribution in [0.15, 0.2) is 36.7 Å². The van der Waals surface area contributed by atoms with Crippen molar-refractivity contribution >= 4 is 5.69 Å². The number of piperazine rings is 1. The second-order valence-electron chi connectivity index (χ2n) is 6.12. The van der Waals surface area contributed by atoms with E-state index in [2.05, 4.69) is 59.2 Å². The van der Waals surface area contributed by atoms with Crippen molar-refractivity contribution in [1.82, 2.24) is 14.7 Å². The molecule has 21 heavy (non-hydrogen) atoms. The molecule has 1 fully saturated rings. The lowest BCUT2D eigenvalue weighted by Gasteiger charge is -2.41. The van der Waals surface area contributed by atoms with Gasteiger partial charge in [-0.15, -0.1) is 0 Å². The van der Waals surface area contributed by atoms with Crippen LogP contribution in [0.5, 0.6) is 0 Å². The van der Waals surface area contributed by atoms with Gasteiger partial charge in [0, 0.05) is 56.7 Å². The van der Waals surface area contributed by atoms with E-state index in [-0.39, 0.29) is 0 Å². The molecule has 1 saturated heterocycles. The molecule has 1 aromatic heterocycles. The third-order valence-electron chi connectivity index (χ3n) is 4.31. The van der Waals surface area contributed by atoms with Crippen molar-refractivity contribution in [2.24, 2.45) is 7.05 Å². The van der Waals surface area contributed by atoms with Crippen molar-refractivity contribution in [3.63, 3.8) is 0 Å². The fourth-order valence-electron chi connectivity index (χ4n) is 3.01. The average molecular weight is 284 g/mol. The van der Waals surface area contributed by atoms with E-state index in [9.17, 15) is 0 Å². The van der Waals surface area contributed by atoms with Crippen molar-refractivity contribution in [2.45, 2.75) is 26.4 Å². The SMILES string of the molecule is Cc1ccc(N2CCN(Cc3cnn(C)c3)C(C)C2)cc1. The zero-order valence-corrected chi connectivity index (χ0v) is 13.2. The fraction of sp³-hybridized carbons (Fsp3) is 0.471. The van der Waals surface area contributed by atoms with Gasteiger partial charge >= 0.3 is 0 Å². The van der Waals surface area contributed by atoms with E-state index in [1.807, 2.05) is 17.9 Å². The Morgan fingerprint density at radius 2 is 1.95 bits per heavy atom. The van der Waals surface area contributed by atoms with Crippen LogP contribution in [0.4, 0.5) is 5.69 Å². The Hall–Kier alpha value is -1.81. The van der Waals surface area contributed by atoms with Crippen LogP contribution >= 0.6 is 0 Å². The van der Waals surface area contributed by atoms with Gasteiger partial charge < -0.3 is 4.90 Å². The maximum atomic E-state index is 4.26. The van der Waals surface area contributed by atoms with Gasteiger partial charge in [-0.2, -0.15) is 5.10 Å². The highest BCUT2D eigenvalue weighted by atomic mass is 15.3. The Balaban J connectivity index is 1.62. The number of anilines is 1. The van der Waals surface area contributed by atoms with E-state index < -0.39 is 0 Å². The van der Waals surface area contributed by atoms with Crippen LogP contribution in [-0.4, -0.2) is 40.4 Å². The Labute approximate surface area is 127 Å². The van der Waals surface area contributed by atoms with Gasteiger partial charge in [0.25, 0.3) is 0 Å². The van der Waals surface area contributed by atoms with Gasteiger partial charge in [-0.1, -0.05) is 17.7 Å². The van der Waals surface area contributed by atoms with Crippen molar-refractivity contribution in [3.8, 4) is 0 Å². The van der Waals surface area contributed by atoms with E-state index in [1.165, 1.54) is 16.8 Å². The van der Waals surface area contributed by atoms with Crippen LogP contribution in [0.1, 0.15) is 18.1 Å². The highest BCUT2D eigenvalue weighted by Crippen LogP contribution is 2.20. The molecule has 0 N–H and O–H groups in total.